The van der Waals surface area contributed by atoms with Gasteiger partial charge >= 0.3 is 0 Å². The van der Waals surface area contributed by atoms with E-state index in [2.05, 4.69) is 15.5 Å². The molecule has 1 aliphatic heterocycles. The fourth-order valence-electron chi connectivity index (χ4n) is 3.16. The third-order valence-electron chi connectivity index (χ3n) is 4.70. The maximum atomic E-state index is 12.1. The zero-order chi connectivity index (χ0) is 17.2. The first-order valence-electron chi connectivity index (χ1n) is 8.91. The number of nitrogens with one attached hydrogen (secondary N) is 2. The zero-order valence-corrected chi connectivity index (χ0v) is 16.2. The first-order chi connectivity index (χ1) is 11.7. The second-order valence-electron chi connectivity index (χ2n) is 6.64. The van der Waals surface area contributed by atoms with Crippen LogP contribution in [0.2, 0.25) is 0 Å². The largest absolute Gasteiger partial charge is 0.380 e. The van der Waals surface area contributed by atoms with Crippen LogP contribution in [0.25, 0.3) is 0 Å². The van der Waals surface area contributed by atoms with Crippen molar-refractivity contribution in [2.45, 2.75) is 32.4 Å². The van der Waals surface area contributed by atoms with Crippen molar-refractivity contribution in [1.29, 1.82) is 0 Å². The number of likely N-dealkylation sites (tertiary alicyclic amines) is 1. The third kappa shape index (κ3) is 8.19. The number of rotatable bonds is 9. The van der Waals surface area contributed by atoms with Crippen LogP contribution in [-0.4, -0.2) is 51.1 Å². The van der Waals surface area contributed by atoms with Gasteiger partial charge in [0.1, 0.15) is 0 Å². The van der Waals surface area contributed by atoms with E-state index in [-0.39, 0.29) is 18.3 Å². The molecular weight excluding hydrogens is 338 g/mol. The number of methoxy groups -OCH3 is 1. The molecule has 0 radical (unpaired) electrons. The molecule has 1 fully saturated rings. The number of halogens is 1. The van der Waals surface area contributed by atoms with E-state index in [4.69, 9.17) is 4.74 Å². The van der Waals surface area contributed by atoms with Crippen molar-refractivity contribution < 1.29 is 9.53 Å². The lowest BCUT2D eigenvalue weighted by atomic mass is 9.93. The Hall–Kier alpha value is -1.14. The Kier molecular flexibility index (Phi) is 10.7. The van der Waals surface area contributed by atoms with Gasteiger partial charge in [0.2, 0.25) is 5.91 Å². The molecule has 0 aliphatic carbocycles. The predicted octanol–water partition coefficient (Wildman–Crippen LogP) is 2.19. The van der Waals surface area contributed by atoms with Crippen LogP contribution in [0.4, 0.5) is 0 Å². The molecule has 6 heteroatoms. The molecular formula is C19H32ClN3O2. The highest BCUT2D eigenvalue weighted by molar-refractivity contribution is 5.85. The molecule has 1 heterocycles. The van der Waals surface area contributed by atoms with E-state index in [0.29, 0.717) is 19.7 Å². The molecule has 5 nitrogen and oxygen atoms in total. The summed E-state index contributed by atoms with van der Waals surface area (Å²) in [6, 6.07) is 8.17. The fraction of sp³-hybridized carbons (Fsp3) is 0.632. The Bertz CT molecular complexity index is 488. The minimum atomic E-state index is 0. The molecule has 0 bridgehead atoms. The molecule has 0 saturated carbocycles. The highest BCUT2D eigenvalue weighted by Gasteiger charge is 2.20. The number of carbonyl (C=O) groups excluding carboxylic acids is 1. The fourth-order valence-corrected chi connectivity index (χ4v) is 3.16. The lowest BCUT2D eigenvalue weighted by Gasteiger charge is -2.31. The summed E-state index contributed by atoms with van der Waals surface area (Å²) in [7, 11) is 3.70. The number of ether oxygens (including phenoxy) is 1. The summed E-state index contributed by atoms with van der Waals surface area (Å²) in [6.07, 6.45) is 3.65. The van der Waals surface area contributed by atoms with E-state index in [0.717, 1.165) is 36.7 Å². The van der Waals surface area contributed by atoms with E-state index in [1.54, 1.807) is 7.11 Å². The molecule has 1 amide bonds. The van der Waals surface area contributed by atoms with Crippen molar-refractivity contribution in [2.75, 3.05) is 40.3 Å². The molecule has 0 spiro atoms. The third-order valence-corrected chi connectivity index (χ3v) is 4.70. The van der Waals surface area contributed by atoms with Crippen molar-refractivity contribution in [1.82, 2.24) is 15.5 Å². The standard InChI is InChI=1S/C19H31N3O2.ClH/c1-20-10-7-16-8-11-22(12-9-16)14-19(23)21-13-17-3-5-18(6-4-17)15-24-2;/h3-6,16,20H,7-15H2,1-2H3,(H,21,23);1H. The average Bonchev–Trinajstić information content (AvgIpc) is 2.61. The quantitative estimate of drug-likeness (QED) is 0.700. The van der Waals surface area contributed by atoms with Crippen LogP contribution in [-0.2, 0) is 22.7 Å². The van der Waals surface area contributed by atoms with Gasteiger partial charge in [0.05, 0.1) is 13.2 Å². The lowest BCUT2D eigenvalue weighted by molar-refractivity contribution is -0.122. The second kappa shape index (κ2) is 12.3. The maximum absolute atomic E-state index is 12.1. The zero-order valence-electron chi connectivity index (χ0n) is 15.4. The summed E-state index contributed by atoms with van der Waals surface area (Å²) in [5.41, 5.74) is 2.27. The van der Waals surface area contributed by atoms with Crippen LogP contribution in [0.1, 0.15) is 30.4 Å². The summed E-state index contributed by atoms with van der Waals surface area (Å²) in [4.78, 5) is 14.4. The van der Waals surface area contributed by atoms with Gasteiger partial charge in [-0.1, -0.05) is 24.3 Å². The van der Waals surface area contributed by atoms with Crippen LogP contribution < -0.4 is 10.6 Å². The number of amides is 1. The van der Waals surface area contributed by atoms with Gasteiger partial charge in [0.15, 0.2) is 0 Å². The van der Waals surface area contributed by atoms with Crippen LogP contribution in [0.15, 0.2) is 24.3 Å². The summed E-state index contributed by atoms with van der Waals surface area (Å²) in [6.45, 7) is 4.89. The molecule has 2 N–H and O–H groups in total. The van der Waals surface area contributed by atoms with Gasteiger partial charge in [-0.05, 0) is 63.0 Å². The van der Waals surface area contributed by atoms with Gasteiger partial charge in [-0.15, -0.1) is 12.4 Å². The second-order valence-corrected chi connectivity index (χ2v) is 6.64. The monoisotopic (exact) mass is 369 g/mol. The van der Waals surface area contributed by atoms with Gasteiger partial charge in [0.25, 0.3) is 0 Å². The van der Waals surface area contributed by atoms with E-state index in [1.807, 2.05) is 31.3 Å². The van der Waals surface area contributed by atoms with E-state index >= 15 is 0 Å². The van der Waals surface area contributed by atoms with Gasteiger partial charge < -0.3 is 15.4 Å². The smallest absolute Gasteiger partial charge is 0.234 e. The van der Waals surface area contributed by atoms with E-state index < -0.39 is 0 Å². The van der Waals surface area contributed by atoms with Crippen molar-refractivity contribution in [3.63, 3.8) is 0 Å². The predicted molar refractivity (Wildman–Crippen MR) is 104 cm³/mol. The Labute approximate surface area is 157 Å². The molecule has 1 aliphatic rings. The Morgan fingerprint density at radius 3 is 2.44 bits per heavy atom. The van der Waals surface area contributed by atoms with Gasteiger partial charge in [0, 0.05) is 13.7 Å². The lowest BCUT2D eigenvalue weighted by Crippen LogP contribution is -2.41. The molecule has 0 unspecified atom stereocenters. The minimum absolute atomic E-state index is 0. The van der Waals surface area contributed by atoms with Crippen molar-refractivity contribution in [3.05, 3.63) is 35.4 Å². The highest BCUT2D eigenvalue weighted by Crippen LogP contribution is 2.19. The van der Waals surface area contributed by atoms with Crippen molar-refractivity contribution in [3.8, 4) is 0 Å². The number of nitrogens with zero attached hydrogens (tertiary/aromatic N) is 1. The highest BCUT2D eigenvalue weighted by atomic mass is 35.5. The number of carbonyl (C=O) groups is 1. The Balaban J connectivity index is 0.00000312. The maximum Gasteiger partial charge on any atom is 0.234 e. The molecule has 25 heavy (non-hydrogen) atoms. The SMILES string of the molecule is CNCCC1CCN(CC(=O)NCc2ccc(COC)cc2)CC1.Cl. The normalized spacial score (nSPS) is 15.6. The summed E-state index contributed by atoms with van der Waals surface area (Å²) >= 11 is 0. The van der Waals surface area contributed by atoms with Gasteiger partial charge in [-0.25, -0.2) is 0 Å². The molecule has 1 aromatic rings. The number of piperidine rings is 1. The molecule has 0 atom stereocenters. The summed E-state index contributed by atoms with van der Waals surface area (Å²) in [5, 5.41) is 6.24. The first-order valence-corrected chi connectivity index (χ1v) is 8.91. The topological polar surface area (TPSA) is 53.6 Å². The first kappa shape index (κ1) is 21.9. The molecule has 2 rings (SSSR count). The molecule has 142 valence electrons. The molecule has 1 aromatic carbocycles. The summed E-state index contributed by atoms with van der Waals surface area (Å²) < 4.78 is 5.10. The van der Waals surface area contributed by atoms with Crippen molar-refractivity contribution >= 4 is 18.3 Å². The Morgan fingerprint density at radius 2 is 1.84 bits per heavy atom. The van der Waals surface area contributed by atoms with E-state index in [1.165, 1.54) is 19.3 Å². The number of benzene rings is 1. The minimum Gasteiger partial charge on any atom is -0.380 e. The van der Waals surface area contributed by atoms with Gasteiger partial charge in [-0.2, -0.15) is 0 Å². The number of hydrogen-bond acceptors (Lipinski definition) is 4. The van der Waals surface area contributed by atoms with Crippen LogP contribution >= 0.6 is 12.4 Å². The molecule has 1 saturated heterocycles. The van der Waals surface area contributed by atoms with Crippen molar-refractivity contribution in [2.24, 2.45) is 5.92 Å². The summed E-state index contributed by atoms with van der Waals surface area (Å²) in [5.74, 6) is 0.923. The Morgan fingerprint density at radius 1 is 1.20 bits per heavy atom. The molecule has 0 aromatic heterocycles. The van der Waals surface area contributed by atoms with Gasteiger partial charge in [-0.3, -0.25) is 9.69 Å². The van der Waals surface area contributed by atoms with Crippen LogP contribution in [0.3, 0.4) is 0 Å². The number of hydrogen-bond donors (Lipinski definition) is 2. The van der Waals surface area contributed by atoms with E-state index in [9.17, 15) is 4.79 Å². The average molecular weight is 370 g/mol. The van der Waals surface area contributed by atoms with Crippen LogP contribution in [0, 0.1) is 5.92 Å². The van der Waals surface area contributed by atoms with Crippen LogP contribution in [0.5, 0.6) is 0 Å².